The topological polar surface area (TPSA) is 136 Å². The first-order valence-electron chi connectivity index (χ1n) is 7.73. The van der Waals surface area contributed by atoms with Crippen LogP contribution in [0.1, 0.15) is 32.8 Å². The molecule has 0 aliphatic rings. The number of hydrogen-bond donors (Lipinski definition) is 6. The van der Waals surface area contributed by atoms with Crippen molar-refractivity contribution in [1.82, 2.24) is 0 Å². The maximum absolute atomic E-state index is 9.22. The van der Waals surface area contributed by atoms with E-state index in [1.165, 1.54) is 6.42 Å². The van der Waals surface area contributed by atoms with Gasteiger partial charge in [-0.25, -0.2) is 0 Å². The predicted octanol–water partition coefficient (Wildman–Crippen LogP) is 1.87. The molecule has 0 bridgehead atoms. The summed E-state index contributed by atoms with van der Waals surface area (Å²) in [5.74, 6) is -0.257. The van der Waals surface area contributed by atoms with E-state index in [0.29, 0.717) is 18.6 Å². The van der Waals surface area contributed by atoms with E-state index in [4.69, 9.17) is 30.9 Å². The Bertz CT molecular complexity index is 379. The highest BCUT2D eigenvalue weighted by atomic mass is 16.6. The van der Waals surface area contributed by atoms with Crippen LogP contribution in [0.5, 0.6) is 5.75 Å². The van der Waals surface area contributed by atoms with Crippen LogP contribution in [0.3, 0.4) is 0 Å². The molecule has 0 aromatic heterocycles. The quantitative estimate of drug-likeness (QED) is 0.353. The standard InChI is InChI=1S/C11H15NO4.C3H8.C2H6O.CH4O/c12-6-5-8-1-3-9(4-2-8)16-11(15)10(14)7-13;1-3-2;1-2-3;1-2/h1-4,7,11,13-15H,5-6,12H2;3H2,1-2H3;3H,2H2,1H3;2H,1H3. The molecule has 7 N–H and O–H groups in total. The Balaban J connectivity index is -0.000000470. The van der Waals surface area contributed by atoms with Gasteiger partial charge in [0.2, 0.25) is 0 Å². The van der Waals surface area contributed by atoms with Crippen LogP contribution in [-0.2, 0) is 6.42 Å². The zero-order chi connectivity index (χ0) is 19.4. The Morgan fingerprint density at radius 2 is 1.58 bits per heavy atom. The third-order valence-corrected chi connectivity index (χ3v) is 1.99. The Kier molecular flexibility index (Phi) is 23.9. The molecule has 142 valence electrons. The second-order valence-corrected chi connectivity index (χ2v) is 4.23. The zero-order valence-electron chi connectivity index (χ0n) is 15.0. The number of ether oxygens (including phenoxy) is 1. The lowest BCUT2D eigenvalue weighted by Gasteiger charge is -2.12. The Morgan fingerprint density at radius 3 is 1.92 bits per heavy atom. The second-order valence-electron chi connectivity index (χ2n) is 4.23. The average molecular weight is 347 g/mol. The molecule has 1 unspecified atom stereocenters. The first kappa shape index (κ1) is 27.1. The highest BCUT2D eigenvalue weighted by Crippen LogP contribution is 2.15. The summed E-state index contributed by atoms with van der Waals surface area (Å²) >= 11 is 0. The van der Waals surface area contributed by atoms with E-state index >= 15 is 0 Å². The summed E-state index contributed by atoms with van der Waals surface area (Å²) in [7, 11) is 1.00. The van der Waals surface area contributed by atoms with E-state index < -0.39 is 12.0 Å². The van der Waals surface area contributed by atoms with Crippen molar-refractivity contribution in [1.29, 1.82) is 0 Å². The van der Waals surface area contributed by atoms with Crippen molar-refractivity contribution in [2.24, 2.45) is 5.73 Å². The lowest BCUT2D eigenvalue weighted by atomic mass is 10.1. The van der Waals surface area contributed by atoms with Gasteiger partial charge in [-0.05, 0) is 37.6 Å². The SMILES string of the molecule is CCC.CCO.CO.NCCc1ccc(OC(O)C(O)=CO)cc1. The molecular formula is C17H33NO6. The Labute approximate surface area is 144 Å². The molecule has 1 aromatic rings. The van der Waals surface area contributed by atoms with Crippen molar-refractivity contribution in [2.75, 3.05) is 20.3 Å². The fraction of sp³-hybridized carbons (Fsp3) is 0.529. The second kappa shape index (κ2) is 21.2. The molecule has 0 aliphatic carbocycles. The number of aliphatic hydroxyl groups is 5. The average Bonchev–Trinajstić information content (AvgIpc) is 2.59. The summed E-state index contributed by atoms with van der Waals surface area (Å²) in [6.07, 6.45) is 0.836. The van der Waals surface area contributed by atoms with E-state index in [9.17, 15) is 5.11 Å². The highest BCUT2D eigenvalue weighted by Gasteiger charge is 2.10. The van der Waals surface area contributed by atoms with E-state index in [2.05, 4.69) is 13.8 Å². The molecule has 0 spiro atoms. The minimum Gasteiger partial charge on any atom is -0.512 e. The van der Waals surface area contributed by atoms with E-state index in [1.807, 2.05) is 12.1 Å². The molecule has 1 aromatic carbocycles. The molecule has 0 saturated heterocycles. The minimum atomic E-state index is -1.56. The maximum Gasteiger partial charge on any atom is 0.259 e. The van der Waals surface area contributed by atoms with Gasteiger partial charge in [0.05, 0.1) is 0 Å². The summed E-state index contributed by atoms with van der Waals surface area (Å²) in [6.45, 7) is 6.75. The molecule has 7 heteroatoms. The number of hydrogen-bond acceptors (Lipinski definition) is 7. The van der Waals surface area contributed by atoms with Crippen molar-refractivity contribution in [3.8, 4) is 5.75 Å². The van der Waals surface area contributed by atoms with Crippen LogP contribution < -0.4 is 10.5 Å². The van der Waals surface area contributed by atoms with Gasteiger partial charge in [0.15, 0.2) is 5.76 Å². The van der Waals surface area contributed by atoms with Crippen molar-refractivity contribution < 1.29 is 30.3 Å². The minimum absolute atomic E-state index is 0.250. The van der Waals surface area contributed by atoms with Crippen molar-refractivity contribution in [3.05, 3.63) is 41.9 Å². The van der Waals surface area contributed by atoms with Gasteiger partial charge in [-0.1, -0.05) is 32.4 Å². The molecule has 0 amide bonds. The molecule has 0 heterocycles. The van der Waals surface area contributed by atoms with Crippen molar-refractivity contribution in [3.63, 3.8) is 0 Å². The summed E-state index contributed by atoms with van der Waals surface area (Å²) in [5.41, 5.74) is 6.46. The van der Waals surface area contributed by atoms with Gasteiger partial charge >= 0.3 is 0 Å². The smallest absolute Gasteiger partial charge is 0.259 e. The largest absolute Gasteiger partial charge is 0.512 e. The number of aliphatic hydroxyl groups excluding tert-OH is 5. The first-order valence-corrected chi connectivity index (χ1v) is 7.73. The van der Waals surface area contributed by atoms with Crippen LogP contribution in [0.25, 0.3) is 0 Å². The normalized spacial score (nSPS) is 10.8. The third-order valence-electron chi connectivity index (χ3n) is 1.99. The maximum atomic E-state index is 9.22. The molecule has 7 nitrogen and oxygen atoms in total. The molecule has 0 aliphatic heterocycles. The highest BCUT2D eigenvalue weighted by molar-refractivity contribution is 5.27. The van der Waals surface area contributed by atoms with Gasteiger partial charge in [-0.15, -0.1) is 0 Å². The van der Waals surface area contributed by atoms with Crippen LogP contribution in [0.15, 0.2) is 36.3 Å². The van der Waals surface area contributed by atoms with Crippen LogP contribution in [0.2, 0.25) is 0 Å². The van der Waals surface area contributed by atoms with E-state index in [0.717, 1.165) is 19.1 Å². The zero-order valence-corrected chi connectivity index (χ0v) is 15.0. The van der Waals surface area contributed by atoms with Crippen LogP contribution in [0, 0.1) is 0 Å². The summed E-state index contributed by atoms with van der Waals surface area (Å²) in [5, 5.41) is 41.2. The lowest BCUT2D eigenvalue weighted by Crippen LogP contribution is -2.18. The van der Waals surface area contributed by atoms with Gasteiger partial charge in [0.1, 0.15) is 12.0 Å². The van der Waals surface area contributed by atoms with Gasteiger partial charge in [0, 0.05) is 13.7 Å². The Morgan fingerprint density at radius 1 is 1.17 bits per heavy atom. The van der Waals surface area contributed by atoms with Gasteiger partial charge in [0.25, 0.3) is 6.29 Å². The monoisotopic (exact) mass is 347 g/mol. The molecule has 0 saturated carbocycles. The van der Waals surface area contributed by atoms with Gasteiger partial charge in [-0.2, -0.15) is 0 Å². The summed E-state index contributed by atoms with van der Waals surface area (Å²) in [4.78, 5) is 0. The molecule has 0 fully saturated rings. The number of benzene rings is 1. The molecule has 1 rings (SSSR count). The van der Waals surface area contributed by atoms with Crippen molar-refractivity contribution >= 4 is 0 Å². The van der Waals surface area contributed by atoms with Crippen molar-refractivity contribution in [2.45, 2.75) is 39.9 Å². The molecule has 1 atom stereocenters. The third kappa shape index (κ3) is 16.6. The number of nitrogens with two attached hydrogens (primary N) is 1. The summed E-state index contributed by atoms with van der Waals surface area (Å²) < 4.78 is 4.95. The fourth-order valence-corrected chi connectivity index (χ4v) is 1.15. The predicted molar refractivity (Wildman–Crippen MR) is 96.0 cm³/mol. The van der Waals surface area contributed by atoms with Crippen LogP contribution in [-0.4, -0.2) is 52.1 Å². The lowest BCUT2D eigenvalue weighted by molar-refractivity contribution is -0.0189. The van der Waals surface area contributed by atoms with Gasteiger partial charge < -0.3 is 36.0 Å². The number of rotatable bonds is 5. The van der Waals surface area contributed by atoms with Crippen LogP contribution in [0.4, 0.5) is 0 Å². The molecule has 24 heavy (non-hydrogen) atoms. The van der Waals surface area contributed by atoms with Gasteiger partial charge in [-0.3, -0.25) is 0 Å². The van der Waals surface area contributed by atoms with E-state index in [1.54, 1.807) is 19.1 Å². The molecular weight excluding hydrogens is 314 g/mol. The van der Waals surface area contributed by atoms with Crippen LogP contribution >= 0.6 is 0 Å². The fourth-order valence-electron chi connectivity index (χ4n) is 1.15. The summed E-state index contributed by atoms with van der Waals surface area (Å²) in [6, 6.07) is 6.93. The van der Waals surface area contributed by atoms with E-state index in [-0.39, 0.29) is 6.61 Å². The Hall–Kier alpha value is -1.80. The first-order chi connectivity index (χ1) is 11.5. The molecule has 0 radical (unpaired) electrons.